The van der Waals surface area contributed by atoms with Crippen LogP contribution in [0.4, 0.5) is 5.69 Å². The Bertz CT molecular complexity index is 847. The zero-order valence-corrected chi connectivity index (χ0v) is 14.7. The number of hydrogen-bond donors (Lipinski definition) is 2. The molecule has 0 heterocycles. The van der Waals surface area contributed by atoms with Gasteiger partial charge in [0.15, 0.2) is 0 Å². The van der Waals surface area contributed by atoms with Crippen LogP contribution in [0.15, 0.2) is 58.7 Å². The van der Waals surface area contributed by atoms with Crippen LogP contribution in [0.5, 0.6) is 0 Å². The average molecular weight is 404 g/mol. The molecule has 2 N–H and O–H groups in total. The number of nitro groups is 1. The van der Waals surface area contributed by atoms with Crippen LogP contribution < -0.4 is 10.6 Å². The number of benzene rings is 2. The molecule has 8 heteroatoms. The topological polar surface area (TPSA) is 101 Å². The summed E-state index contributed by atoms with van der Waals surface area (Å²) in [6.07, 6.45) is 1.38. The van der Waals surface area contributed by atoms with Gasteiger partial charge in [0.25, 0.3) is 17.5 Å². The lowest BCUT2D eigenvalue weighted by Crippen LogP contribution is -2.33. The van der Waals surface area contributed by atoms with Crippen LogP contribution in [0.3, 0.4) is 0 Å². The van der Waals surface area contributed by atoms with Gasteiger partial charge in [-0.2, -0.15) is 0 Å². The normalized spacial score (nSPS) is 10.9. The van der Waals surface area contributed by atoms with Crippen molar-refractivity contribution in [2.75, 3.05) is 7.05 Å². The Hall–Kier alpha value is -3.00. The van der Waals surface area contributed by atoms with E-state index in [1.807, 2.05) is 0 Å². The first kappa shape index (κ1) is 18.3. The van der Waals surface area contributed by atoms with Gasteiger partial charge in [-0.3, -0.25) is 19.7 Å². The van der Waals surface area contributed by atoms with Crippen LogP contribution >= 0.6 is 15.9 Å². The van der Waals surface area contributed by atoms with Crippen molar-refractivity contribution in [2.24, 2.45) is 0 Å². The van der Waals surface area contributed by atoms with Gasteiger partial charge in [-0.15, -0.1) is 0 Å². The van der Waals surface area contributed by atoms with Gasteiger partial charge in [0.2, 0.25) is 0 Å². The van der Waals surface area contributed by atoms with Gasteiger partial charge in [0, 0.05) is 29.2 Å². The zero-order chi connectivity index (χ0) is 18.4. The molecule has 0 aliphatic heterocycles. The van der Waals surface area contributed by atoms with Crippen molar-refractivity contribution in [3.63, 3.8) is 0 Å². The molecule has 0 radical (unpaired) electrons. The quantitative estimate of drug-likeness (QED) is 0.455. The van der Waals surface area contributed by atoms with Crippen molar-refractivity contribution in [1.82, 2.24) is 10.6 Å². The standard InChI is InChI=1S/C17H14BrN3O4/c1-19-17(23)15(10-11-3-2-4-14(9-11)21(24)25)20-16(22)12-5-7-13(18)8-6-12/h2-10H,1H3,(H,19,23)(H,20,22)/b15-10-. The maximum absolute atomic E-state index is 12.3. The summed E-state index contributed by atoms with van der Waals surface area (Å²) in [6, 6.07) is 12.4. The second-order valence-corrected chi connectivity index (χ2v) is 5.87. The van der Waals surface area contributed by atoms with Gasteiger partial charge in [-0.05, 0) is 35.9 Å². The highest BCUT2D eigenvalue weighted by Gasteiger charge is 2.14. The number of halogens is 1. The molecule has 0 aliphatic carbocycles. The SMILES string of the molecule is CNC(=O)/C(=C/c1cccc([N+](=O)[O-])c1)NC(=O)c1ccc(Br)cc1. The van der Waals surface area contributed by atoms with Gasteiger partial charge in [-0.1, -0.05) is 28.1 Å². The molecule has 0 aromatic heterocycles. The summed E-state index contributed by atoms with van der Waals surface area (Å²) in [4.78, 5) is 34.6. The van der Waals surface area contributed by atoms with E-state index in [0.29, 0.717) is 11.1 Å². The summed E-state index contributed by atoms with van der Waals surface area (Å²) in [5.41, 5.74) is 0.668. The maximum Gasteiger partial charge on any atom is 0.270 e. The number of nitrogens with one attached hydrogen (secondary N) is 2. The molecule has 0 atom stereocenters. The molecule has 0 bridgehead atoms. The van der Waals surface area contributed by atoms with Gasteiger partial charge in [-0.25, -0.2) is 0 Å². The third-order valence-corrected chi connectivity index (χ3v) is 3.75. The first-order valence-electron chi connectivity index (χ1n) is 7.16. The lowest BCUT2D eigenvalue weighted by Gasteiger charge is -2.09. The Kier molecular flexibility index (Phi) is 6.02. The molecule has 0 saturated carbocycles. The molecular weight excluding hydrogens is 390 g/mol. The number of non-ortho nitro benzene ring substituents is 1. The van der Waals surface area contributed by atoms with E-state index in [1.54, 1.807) is 30.3 Å². The van der Waals surface area contributed by atoms with Gasteiger partial charge >= 0.3 is 0 Å². The van der Waals surface area contributed by atoms with E-state index in [4.69, 9.17) is 0 Å². The highest BCUT2D eigenvalue weighted by Crippen LogP contribution is 2.16. The number of amides is 2. The molecule has 25 heavy (non-hydrogen) atoms. The van der Waals surface area contributed by atoms with E-state index in [1.165, 1.54) is 31.3 Å². The molecule has 2 aromatic rings. The van der Waals surface area contributed by atoms with E-state index >= 15 is 0 Å². The van der Waals surface area contributed by atoms with Crippen molar-refractivity contribution < 1.29 is 14.5 Å². The van der Waals surface area contributed by atoms with Crippen molar-refractivity contribution in [3.05, 3.63) is 79.9 Å². The van der Waals surface area contributed by atoms with Crippen LogP contribution in [-0.4, -0.2) is 23.8 Å². The lowest BCUT2D eigenvalue weighted by molar-refractivity contribution is -0.384. The minimum Gasteiger partial charge on any atom is -0.354 e. The summed E-state index contributed by atoms with van der Waals surface area (Å²) in [5.74, 6) is -0.982. The molecule has 0 aliphatic rings. The molecule has 128 valence electrons. The minimum absolute atomic E-state index is 0.0177. The van der Waals surface area contributed by atoms with Crippen LogP contribution in [0.1, 0.15) is 15.9 Å². The highest BCUT2D eigenvalue weighted by atomic mass is 79.9. The predicted molar refractivity (Wildman–Crippen MR) is 96.7 cm³/mol. The molecule has 0 fully saturated rings. The van der Waals surface area contributed by atoms with Crippen molar-refractivity contribution in [3.8, 4) is 0 Å². The fourth-order valence-electron chi connectivity index (χ4n) is 1.98. The number of carbonyl (C=O) groups is 2. The lowest BCUT2D eigenvalue weighted by atomic mass is 10.1. The highest BCUT2D eigenvalue weighted by molar-refractivity contribution is 9.10. The third-order valence-electron chi connectivity index (χ3n) is 3.22. The Labute approximate surface area is 152 Å². The van der Waals surface area contributed by atoms with Gasteiger partial charge in [0.05, 0.1) is 4.92 Å². The number of hydrogen-bond acceptors (Lipinski definition) is 4. The smallest absolute Gasteiger partial charge is 0.270 e. The summed E-state index contributed by atoms with van der Waals surface area (Å²) in [7, 11) is 1.43. The average Bonchev–Trinajstić information content (AvgIpc) is 2.61. The van der Waals surface area contributed by atoms with Crippen molar-refractivity contribution in [1.29, 1.82) is 0 Å². The summed E-state index contributed by atoms with van der Waals surface area (Å²) in [5, 5.41) is 15.8. The molecule has 0 unspecified atom stereocenters. The van der Waals surface area contributed by atoms with Crippen LogP contribution in [-0.2, 0) is 4.79 Å². The van der Waals surface area contributed by atoms with Crippen LogP contribution in [0.25, 0.3) is 6.08 Å². The molecule has 7 nitrogen and oxygen atoms in total. The minimum atomic E-state index is -0.530. The van der Waals surface area contributed by atoms with E-state index < -0.39 is 16.7 Å². The number of rotatable bonds is 5. The number of likely N-dealkylation sites (N-methyl/N-ethyl adjacent to an activating group) is 1. The third kappa shape index (κ3) is 4.98. The maximum atomic E-state index is 12.3. The summed E-state index contributed by atoms with van der Waals surface area (Å²) >= 11 is 3.28. The molecule has 2 rings (SSSR count). The van der Waals surface area contributed by atoms with Crippen LogP contribution in [0.2, 0.25) is 0 Å². The largest absolute Gasteiger partial charge is 0.354 e. The zero-order valence-electron chi connectivity index (χ0n) is 13.2. The monoisotopic (exact) mass is 403 g/mol. The predicted octanol–water partition coefficient (Wildman–Crippen LogP) is 2.87. The number of nitrogens with zero attached hydrogens (tertiary/aromatic N) is 1. The second-order valence-electron chi connectivity index (χ2n) is 4.95. The number of carbonyl (C=O) groups excluding carboxylic acids is 2. The van der Waals surface area contributed by atoms with Crippen molar-refractivity contribution >= 4 is 39.5 Å². The Morgan fingerprint density at radius 2 is 1.84 bits per heavy atom. The Balaban J connectivity index is 2.31. The molecule has 0 saturated heterocycles. The molecular formula is C17H14BrN3O4. The molecule has 0 spiro atoms. The fraction of sp³-hybridized carbons (Fsp3) is 0.0588. The first-order valence-corrected chi connectivity index (χ1v) is 7.95. The van der Waals surface area contributed by atoms with Gasteiger partial charge < -0.3 is 10.6 Å². The fourth-order valence-corrected chi connectivity index (χ4v) is 2.25. The Morgan fingerprint density at radius 1 is 1.16 bits per heavy atom. The molecule has 2 amide bonds. The number of nitro benzene ring substituents is 1. The van der Waals surface area contributed by atoms with Crippen LogP contribution in [0, 0.1) is 10.1 Å². The second kappa shape index (κ2) is 8.20. The summed E-state index contributed by atoms with van der Waals surface area (Å²) < 4.78 is 0.822. The first-order chi connectivity index (χ1) is 11.9. The van der Waals surface area contributed by atoms with E-state index in [9.17, 15) is 19.7 Å². The Morgan fingerprint density at radius 3 is 2.44 bits per heavy atom. The van der Waals surface area contributed by atoms with E-state index in [-0.39, 0.29) is 11.4 Å². The van der Waals surface area contributed by atoms with E-state index in [0.717, 1.165) is 4.47 Å². The van der Waals surface area contributed by atoms with E-state index in [2.05, 4.69) is 26.6 Å². The van der Waals surface area contributed by atoms with Gasteiger partial charge in [0.1, 0.15) is 5.70 Å². The van der Waals surface area contributed by atoms with Crippen molar-refractivity contribution in [2.45, 2.75) is 0 Å². The summed E-state index contributed by atoms with van der Waals surface area (Å²) in [6.45, 7) is 0. The molecule has 2 aromatic carbocycles.